The number of H-pyrrole nitrogens is 1. The fourth-order valence-corrected chi connectivity index (χ4v) is 1.62. The molecule has 0 unspecified atom stereocenters. The number of benzene rings is 1. The van der Waals surface area contributed by atoms with E-state index in [1.807, 2.05) is 31.2 Å². The monoisotopic (exact) mass is 200 g/mol. The van der Waals surface area contributed by atoms with Gasteiger partial charge in [0, 0.05) is 16.6 Å². The molecule has 0 aliphatic carbocycles. The zero-order valence-corrected chi connectivity index (χ0v) is 8.28. The molecule has 76 valence electrons. The summed E-state index contributed by atoms with van der Waals surface area (Å²) in [5, 5.41) is 11.3. The van der Waals surface area contributed by atoms with Gasteiger partial charge in [-0.1, -0.05) is 18.2 Å². The number of carbonyl (C=O) groups excluding carboxylic acids is 1. The van der Waals surface area contributed by atoms with E-state index in [2.05, 4.69) is 4.98 Å². The van der Waals surface area contributed by atoms with Crippen molar-refractivity contribution in [2.45, 2.75) is 6.92 Å². The predicted octanol–water partition coefficient (Wildman–Crippen LogP) is 1.24. The van der Waals surface area contributed by atoms with Gasteiger partial charge in [-0.15, -0.1) is 0 Å². The average Bonchev–Trinajstić information content (AvgIpc) is 2.55. The highest BCUT2D eigenvalue weighted by molar-refractivity contribution is 5.92. The fourth-order valence-electron chi connectivity index (χ4n) is 1.62. The molecule has 3 heteroatoms. The van der Waals surface area contributed by atoms with Gasteiger partial charge in [-0.2, -0.15) is 0 Å². The number of carboxylic acids is 1. The van der Waals surface area contributed by atoms with Gasteiger partial charge in [0.2, 0.25) is 0 Å². The van der Waals surface area contributed by atoms with E-state index in [-0.39, 0.29) is 0 Å². The van der Waals surface area contributed by atoms with Gasteiger partial charge in [0.25, 0.3) is 0 Å². The average molecular weight is 200 g/mol. The lowest BCUT2D eigenvalue weighted by Crippen LogP contribution is -2.18. The van der Waals surface area contributed by atoms with Crippen LogP contribution in [0.2, 0.25) is 0 Å². The Morgan fingerprint density at radius 3 is 3.00 bits per heavy atom. The molecule has 0 aliphatic heterocycles. The van der Waals surface area contributed by atoms with Crippen molar-refractivity contribution < 1.29 is 9.90 Å². The van der Waals surface area contributed by atoms with E-state index in [4.69, 9.17) is 0 Å². The van der Waals surface area contributed by atoms with E-state index in [0.717, 1.165) is 28.2 Å². The second kappa shape index (κ2) is 3.61. The smallest absolute Gasteiger partial charge is 0.0643 e. The van der Waals surface area contributed by atoms with Gasteiger partial charge in [0.05, 0.1) is 5.97 Å². The van der Waals surface area contributed by atoms with Gasteiger partial charge in [0.15, 0.2) is 0 Å². The molecular formula is C12H10NO2-. The van der Waals surface area contributed by atoms with Gasteiger partial charge in [-0.05, 0) is 30.7 Å². The second-order valence-corrected chi connectivity index (χ2v) is 3.41. The summed E-state index contributed by atoms with van der Waals surface area (Å²) < 4.78 is 0. The summed E-state index contributed by atoms with van der Waals surface area (Å²) in [5.74, 6) is -1.18. The van der Waals surface area contributed by atoms with E-state index in [9.17, 15) is 9.90 Å². The van der Waals surface area contributed by atoms with Crippen LogP contribution in [0.25, 0.3) is 17.0 Å². The molecule has 1 N–H and O–H groups in total. The molecular weight excluding hydrogens is 190 g/mol. The van der Waals surface area contributed by atoms with E-state index < -0.39 is 5.97 Å². The molecule has 3 nitrogen and oxygen atoms in total. The molecule has 0 spiro atoms. The summed E-state index contributed by atoms with van der Waals surface area (Å²) in [7, 11) is 0. The maximum atomic E-state index is 10.3. The standard InChI is InChI=1S/C12H11NO2/c1-8-7-10-9(5-6-12(14)15)3-2-4-11(10)13-8/h2-7,13H,1H3,(H,14,15)/p-1/b6-5+. The second-order valence-electron chi connectivity index (χ2n) is 3.41. The van der Waals surface area contributed by atoms with Crippen LogP contribution >= 0.6 is 0 Å². The SMILES string of the molecule is Cc1cc2c(/C=C/C(=O)[O-])cccc2[nH]1. The number of aryl methyl sites for hydroxylation is 1. The number of fused-ring (bicyclic) bond motifs is 1. The minimum Gasteiger partial charge on any atom is -0.545 e. The lowest BCUT2D eigenvalue weighted by molar-refractivity contribution is -0.297. The number of aromatic nitrogens is 1. The Morgan fingerprint density at radius 2 is 2.27 bits per heavy atom. The normalized spacial score (nSPS) is 11.3. The number of hydrogen-bond acceptors (Lipinski definition) is 2. The molecule has 0 aliphatic rings. The summed E-state index contributed by atoms with van der Waals surface area (Å²) >= 11 is 0. The highest BCUT2D eigenvalue weighted by Crippen LogP contribution is 2.20. The molecule has 1 aromatic carbocycles. The molecule has 15 heavy (non-hydrogen) atoms. The fraction of sp³-hybridized carbons (Fsp3) is 0.0833. The van der Waals surface area contributed by atoms with Crippen molar-refractivity contribution in [3.63, 3.8) is 0 Å². The van der Waals surface area contributed by atoms with Crippen LogP contribution in [0.15, 0.2) is 30.3 Å². The summed E-state index contributed by atoms with van der Waals surface area (Å²) in [4.78, 5) is 13.5. The highest BCUT2D eigenvalue weighted by Gasteiger charge is 1.99. The first kappa shape index (κ1) is 9.52. The molecule has 0 amide bonds. The Morgan fingerprint density at radius 1 is 1.47 bits per heavy atom. The van der Waals surface area contributed by atoms with Crippen molar-refractivity contribution in [2.75, 3.05) is 0 Å². The van der Waals surface area contributed by atoms with Crippen molar-refractivity contribution in [1.29, 1.82) is 0 Å². The van der Waals surface area contributed by atoms with E-state index >= 15 is 0 Å². The number of carboxylic acid groups (broad SMARTS) is 1. The largest absolute Gasteiger partial charge is 0.545 e. The highest BCUT2D eigenvalue weighted by atomic mass is 16.4. The molecule has 0 fully saturated rings. The van der Waals surface area contributed by atoms with Gasteiger partial charge in [-0.25, -0.2) is 0 Å². The molecule has 2 rings (SSSR count). The zero-order valence-electron chi connectivity index (χ0n) is 8.28. The van der Waals surface area contributed by atoms with Crippen molar-refractivity contribution in [1.82, 2.24) is 4.98 Å². The molecule has 0 radical (unpaired) electrons. The third-order valence-corrected chi connectivity index (χ3v) is 2.23. The Balaban J connectivity index is 2.55. The summed E-state index contributed by atoms with van der Waals surface area (Å²) in [6.45, 7) is 1.96. The van der Waals surface area contributed by atoms with Crippen LogP contribution in [0.4, 0.5) is 0 Å². The first-order valence-electron chi connectivity index (χ1n) is 4.64. The topological polar surface area (TPSA) is 55.9 Å². The molecule has 0 saturated carbocycles. The van der Waals surface area contributed by atoms with E-state index in [1.54, 1.807) is 6.08 Å². The van der Waals surface area contributed by atoms with Crippen molar-refractivity contribution in [3.05, 3.63) is 41.6 Å². The quantitative estimate of drug-likeness (QED) is 0.741. The van der Waals surface area contributed by atoms with Crippen molar-refractivity contribution >= 4 is 22.9 Å². The van der Waals surface area contributed by atoms with Gasteiger partial charge in [0.1, 0.15) is 0 Å². The van der Waals surface area contributed by atoms with Crippen LogP contribution < -0.4 is 5.11 Å². The first-order valence-corrected chi connectivity index (χ1v) is 4.64. The summed E-state index contributed by atoms with van der Waals surface area (Å²) in [5.41, 5.74) is 2.94. The number of hydrogen-bond donors (Lipinski definition) is 1. The van der Waals surface area contributed by atoms with Gasteiger partial charge < -0.3 is 14.9 Å². The minimum absolute atomic E-state index is 0.876. The number of aliphatic carboxylic acids is 1. The molecule has 0 saturated heterocycles. The Bertz CT molecular complexity index is 538. The van der Waals surface area contributed by atoms with Crippen LogP contribution in [0.3, 0.4) is 0 Å². The lowest BCUT2D eigenvalue weighted by atomic mass is 10.1. The number of aromatic amines is 1. The van der Waals surface area contributed by atoms with Crippen LogP contribution in [-0.2, 0) is 4.79 Å². The predicted molar refractivity (Wildman–Crippen MR) is 57.1 cm³/mol. The molecule has 1 aromatic heterocycles. The maximum absolute atomic E-state index is 10.3. The zero-order chi connectivity index (χ0) is 10.8. The number of rotatable bonds is 2. The number of carbonyl (C=O) groups is 1. The van der Waals surface area contributed by atoms with Crippen LogP contribution in [0.5, 0.6) is 0 Å². The third kappa shape index (κ3) is 1.91. The summed E-state index contributed by atoms with van der Waals surface area (Å²) in [6.07, 6.45) is 2.59. The minimum atomic E-state index is -1.18. The Labute approximate surface area is 87.0 Å². The molecule has 1 heterocycles. The van der Waals surface area contributed by atoms with Crippen molar-refractivity contribution in [2.24, 2.45) is 0 Å². The number of nitrogens with one attached hydrogen (secondary N) is 1. The van der Waals surface area contributed by atoms with Crippen LogP contribution in [-0.4, -0.2) is 11.0 Å². The van der Waals surface area contributed by atoms with Gasteiger partial charge >= 0.3 is 0 Å². The lowest BCUT2D eigenvalue weighted by Gasteiger charge is -1.96. The maximum Gasteiger partial charge on any atom is 0.0643 e. The van der Waals surface area contributed by atoms with E-state index in [1.165, 1.54) is 0 Å². The first-order chi connectivity index (χ1) is 7.16. The Hall–Kier alpha value is -2.03. The van der Waals surface area contributed by atoms with Gasteiger partial charge in [-0.3, -0.25) is 0 Å². The van der Waals surface area contributed by atoms with Crippen molar-refractivity contribution in [3.8, 4) is 0 Å². The molecule has 0 bridgehead atoms. The third-order valence-electron chi connectivity index (χ3n) is 2.23. The molecule has 2 aromatic rings. The molecule has 0 atom stereocenters. The summed E-state index contributed by atoms with van der Waals surface area (Å²) in [6, 6.07) is 7.70. The van der Waals surface area contributed by atoms with Crippen LogP contribution in [0.1, 0.15) is 11.3 Å². The van der Waals surface area contributed by atoms with E-state index in [0.29, 0.717) is 0 Å². The Kier molecular flexibility index (Phi) is 2.29. The van der Waals surface area contributed by atoms with Crippen LogP contribution in [0, 0.1) is 6.92 Å².